The topological polar surface area (TPSA) is 55.8 Å². The molecule has 0 N–H and O–H groups in total. The van der Waals surface area contributed by atoms with E-state index in [1.807, 2.05) is 37.4 Å². The summed E-state index contributed by atoms with van der Waals surface area (Å²) in [6, 6.07) is 9.29. The highest BCUT2D eigenvalue weighted by atomic mass is 16.6. The molecule has 2 aliphatic rings. The third-order valence-electron chi connectivity index (χ3n) is 5.65. The van der Waals surface area contributed by atoms with E-state index in [9.17, 15) is 9.59 Å². The lowest BCUT2D eigenvalue weighted by molar-refractivity contribution is -0.170. The van der Waals surface area contributed by atoms with Gasteiger partial charge in [-0.3, -0.25) is 9.59 Å². The van der Waals surface area contributed by atoms with Crippen LogP contribution in [0.2, 0.25) is 0 Å². The third kappa shape index (κ3) is 3.30. The SMILES string of the molecule is COC(=O)C(C(=O)OC1CCN(C)C1)(c1ccccc1)C1CCCC1. The van der Waals surface area contributed by atoms with Crippen LogP contribution in [-0.2, 0) is 24.5 Å². The van der Waals surface area contributed by atoms with Crippen LogP contribution in [0.15, 0.2) is 30.3 Å². The van der Waals surface area contributed by atoms with Crippen LogP contribution in [-0.4, -0.2) is 50.2 Å². The van der Waals surface area contributed by atoms with Crippen molar-refractivity contribution in [1.29, 1.82) is 0 Å². The molecule has 1 aromatic rings. The van der Waals surface area contributed by atoms with Gasteiger partial charge in [0.05, 0.1) is 7.11 Å². The minimum atomic E-state index is -1.35. The number of rotatable bonds is 5. The quantitative estimate of drug-likeness (QED) is 0.606. The zero-order valence-electron chi connectivity index (χ0n) is 15.1. The van der Waals surface area contributed by atoms with Gasteiger partial charge in [-0.1, -0.05) is 43.2 Å². The zero-order valence-corrected chi connectivity index (χ0v) is 15.1. The maximum atomic E-state index is 13.4. The molecule has 1 aliphatic carbocycles. The van der Waals surface area contributed by atoms with Crippen molar-refractivity contribution in [2.75, 3.05) is 27.2 Å². The van der Waals surface area contributed by atoms with Crippen molar-refractivity contribution in [2.24, 2.45) is 5.92 Å². The Morgan fingerprint density at radius 2 is 1.76 bits per heavy atom. The van der Waals surface area contributed by atoms with Gasteiger partial charge in [0.1, 0.15) is 6.10 Å². The lowest BCUT2D eigenvalue weighted by atomic mass is 9.69. The van der Waals surface area contributed by atoms with Gasteiger partial charge in [0.15, 0.2) is 5.41 Å². The van der Waals surface area contributed by atoms with Gasteiger partial charge in [0, 0.05) is 13.1 Å². The summed E-state index contributed by atoms with van der Waals surface area (Å²) < 4.78 is 11.0. The largest absolute Gasteiger partial charge is 0.468 e. The predicted octanol–water partition coefficient (Wildman–Crippen LogP) is 2.53. The molecule has 5 heteroatoms. The maximum absolute atomic E-state index is 13.4. The number of benzene rings is 1. The van der Waals surface area contributed by atoms with Gasteiger partial charge in [-0.05, 0) is 37.8 Å². The number of nitrogens with zero attached hydrogens (tertiary/aromatic N) is 1. The van der Waals surface area contributed by atoms with Crippen LogP contribution in [0.3, 0.4) is 0 Å². The van der Waals surface area contributed by atoms with Gasteiger partial charge < -0.3 is 14.4 Å². The van der Waals surface area contributed by atoms with Crippen molar-refractivity contribution >= 4 is 11.9 Å². The van der Waals surface area contributed by atoms with Crippen LogP contribution >= 0.6 is 0 Å². The number of methoxy groups -OCH3 is 1. The number of ether oxygens (including phenoxy) is 2. The molecular formula is C20H27NO4. The standard InChI is InChI=1S/C20H27NO4/c1-21-13-12-17(14-21)25-19(23)20(18(22)24-2,16-10-6-7-11-16)15-8-4-3-5-9-15/h3-5,8-9,16-17H,6-7,10-14H2,1-2H3. The summed E-state index contributed by atoms with van der Waals surface area (Å²) in [6.07, 6.45) is 4.36. The van der Waals surface area contributed by atoms with Crippen molar-refractivity contribution in [3.63, 3.8) is 0 Å². The number of hydrogen-bond acceptors (Lipinski definition) is 5. The van der Waals surface area contributed by atoms with E-state index < -0.39 is 17.4 Å². The molecule has 5 nitrogen and oxygen atoms in total. The predicted molar refractivity (Wildman–Crippen MR) is 94.1 cm³/mol. The molecule has 0 aromatic heterocycles. The second kappa shape index (κ2) is 7.56. The molecule has 0 spiro atoms. The molecule has 1 saturated carbocycles. The van der Waals surface area contributed by atoms with Crippen LogP contribution < -0.4 is 0 Å². The average Bonchev–Trinajstić information content (AvgIpc) is 3.29. The molecule has 1 heterocycles. The highest BCUT2D eigenvalue weighted by molar-refractivity contribution is 6.07. The molecule has 2 atom stereocenters. The lowest BCUT2D eigenvalue weighted by Gasteiger charge is -2.35. The summed E-state index contributed by atoms with van der Waals surface area (Å²) in [7, 11) is 3.36. The molecular weight excluding hydrogens is 318 g/mol. The van der Waals surface area contributed by atoms with E-state index in [0.717, 1.165) is 38.6 Å². The molecule has 0 bridgehead atoms. The van der Waals surface area contributed by atoms with Gasteiger partial charge in [0.25, 0.3) is 0 Å². The van der Waals surface area contributed by atoms with Crippen molar-refractivity contribution in [2.45, 2.75) is 43.6 Å². The number of esters is 2. The molecule has 1 aliphatic heterocycles. The van der Waals surface area contributed by atoms with E-state index >= 15 is 0 Å². The average molecular weight is 345 g/mol. The molecule has 25 heavy (non-hydrogen) atoms. The van der Waals surface area contributed by atoms with Crippen molar-refractivity contribution < 1.29 is 19.1 Å². The summed E-state index contributed by atoms with van der Waals surface area (Å²) in [5.41, 5.74) is -0.668. The first-order valence-electron chi connectivity index (χ1n) is 9.12. The summed E-state index contributed by atoms with van der Waals surface area (Å²) >= 11 is 0. The van der Waals surface area contributed by atoms with Crippen molar-refractivity contribution in [1.82, 2.24) is 4.90 Å². The normalized spacial score (nSPS) is 24.0. The zero-order chi connectivity index (χ0) is 17.9. The van der Waals surface area contributed by atoms with Gasteiger partial charge >= 0.3 is 11.9 Å². The van der Waals surface area contributed by atoms with E-state index in [1.54, 1.807) is 0 Å². The molecule has 2 fully saturated rings. The van der Waals surface area contributed by atoms with E-state index in [-0.39, 0.29) is 12.0 Å². The molecule has 2 unspecified atom stereocenters. The third-order valence-corrected chi connectivity index (χ3v) is 5.65. The Balaban J connectivity index is 2.00. The Morgan fingerprint density at radius 1 is 1.08 bits per heavy atom. The first kappa shape index (κ1) is 17.9. The van der Waals surface area contributed by atoms with E-state index in [0.29, 0.717) is 12.1 Å². The molecule has 136 valence electrons. The Hall–Kier alpha value is -1.88. The smallest absolute Gasteiger partial charge is 0.328 e. The van der Waals surface area contributed by atoms with Crippen LogP contribution in [0.1, 0.15) is 37.7 Å². The van der Waals surface area contributed by atoms with Crippen molar-refractivity contribution in [3.05, 3.63) is 35.9 Å². The fourth-order valence-corrected chi connectivity index (χ4v) is 4.34. The molecule has 1 saturated heterocycles. The molecule has 3 rings (SSSR count). The summed E-state index contributed by atoms with van der Waals surface area (Å²) in [5, 5.41) is 0. The van der Waals surface area contributed by atoms with Crippen LogP contribution in [0.5, 0.6) is 0 Å². The summed E-state index contributed by atoms with van der Waals surface area (Å²) in [4.78, 5) is 28.5. The van der Waals surface area contributed by atoms with Gasteiger partial charge in [-0.2, -0.15) is 0 Å². The second-order valence-corrected chi connectivity index (χ2v) is 7.23. The lowest BCUT2D eigenvalue weighted by Crippen LogP contribution is -2.52. The second-order valence-electron chi connectivity index (χ2n) is 7.23. The Bertz CT molecular complexity index is 611. The minimum Gasteiger partial charge on any atom is -0.468 e. The number of likely N-dealkylation sites (tertiary alicyclic amines) is 1. The van der Waals surface area contributed by atoms with Crippen LogP contribution in [0.4, 0.5) is 0 Å². The summed E-state index contributed by atoms with van der Waals surface area (Å²) in [6.45, 7) is 1.61. The number of hydrogen-bond donors (Lipinski definition) is 0. The van der Waals surface area contributed by atoms with E-state index in [2.05, 4.69) is 4.90 Å². The fourth-order valence-electron chi connectivity index (χ4n) is 4.34. The summed E-state index contributed by atoms with van der Waals surface area (Å²) in [5.74, 6) is -1.02. The highest BCUT2D eigenvalue weighted by Crippen LogP contribution is 2.44. The monoisotopic (exact) mass is 345 g/mol. The first-order valence-corrected chi connectivity index (χ1v) is 9.12. The van der Waals surface area contributed by atoms with Gasteiger partial charge in [0.2, 0.25) is 0 Å². The fraction of sp³-hybridized carbons (Fsp3) is 0.600. The Labute approximate surface area is 149 Å². The van der Waals surface area contributed by atoms with Gasteiger partial charge in [-0.15, -0.1) is 0 Å². The molecule has 1 aromatic carbocycles. The molecule has 0 radical (unpaired) electrons. The maximum Gasteiger partial charge on any atom is 0.328 e. The molecule has 0 amide bonds. The van der Waals surface area contributed by atoms with Crippen LogP contribution in [0, 0.1) is 5.92 Å². The first-order chi connectivity index (χ1) is 12.1. The number of likely N-dealkylation sites (N-methyl/N-ethyl adjacent to an activating group) is 1. The van der Waals surface area contributed by atoms with E-state index in [4.69, 9.17) is 9.47 Å². The minimum absolute atomic E-state index is 0.0750. The Kier molecular flexibility index (Phi) is 5.42. The van der Waals surface area contributed by atoms with E-state index in [1.165, 1.54) is 7.11 Å². The Morgan fingerprint density at radius 3 is 2.32 bits per heavy atom. The highest BCUT2D eigenvalue weighted by Gasteiger charge is 2.57. The van der Waals surface area contributed by atoms with Crippen LogP contribution in [0.25, 0.3) is 0 Å². The van der Waals surface area contributed by atoms with Crippen molar-refractivity contribution in [3.8, 4) is 0 Å². The number of carbonyl (C=O) groups is 2. The van der Waals surface area contributed by atoms with Gasteiger partial charge in [-0.25, -0.2) is 0 Å². The number of carbonyl (C=O) groups excluding carboxylic acids is 2.